The smallest absolute Gasteiger partial charge is 0.387 e. The lowest BCUT2D eigenvalue weighted by molar-refractivity contribution is -0.0489. The summed E-state index contributed by atoms with van der Waals surface area (Å²) in [5.41, 5.74) is 0.942. The van der Waals surface area contributed by atoms with Crippen LogP contribution in [0.2, 0.25) is 5.02 Å². The number of alkyl halides is 2. The Kier molecular flexibility index (Phi) is 7.34. The van der Waals surface area contributed by atoms with Gasteiger partial charge in [0.25, 0.3) is 5.56 Å². The molecule has 0 spiro atoms. The maximum Gasteiger partial charge on any atom is 0.387 e. The molecule has 0 saturated heterocycles. The zero-order valence-corrected chi connectivity index (χ0v) is 22.1. The van der Waals surface area contributed by atoms with E-state index in [4.69, 9.17) is 16.3 Å². The molecule has 13 heteroatoms. The first-order valence-corrected chi connectivity index (χ1v) is 12.9. The van der Waals surface area contributed by atoms with Gasteiger partial charge in [0.05, 0.1) is 33.3 Å². The number of hydrogen-bond acceptors (Lipinski definition) is 8. The third kappa shape index (κ3) is 4.92. The van der Waals surface area contributed by atoms with Gasteiger partial charge in [-0.2, -0.15) is 14.0 Å². The molecule has 0 aliphatic carbocycles. The molecule has 5 aromatic rings. The summed E-state index contributed by atoms with van der Waals surface area (Å²) in [6, 6.07) is 11.0. The topological polar surface area (TPSA) is 127 Å². The second-order valence-corrected chi connectivity index (χ2v) is 9.74. The zero-order chi connectivity index (χ0) is 28.6. The van der Waals surface area contributed by atoms with Crippen LogP contribution in [0.25, 0.3) is 32.2 Å². The molecule has 2 aromatic carbocycles. The number of hydrogen-bond donors (Lipinski definition) is 1. The molecule has 0 amide bonds. The van der Waals surface area contributed by atoms with E-state index in [2.05, 4.69) is 14.7 Å². The number of thiophene rings is 1. The van der Waals surface area contributed by atoms with Crippen LogP contribution in [0.1, 0.15) is 21.7 Å². The van der Waals surface area contributed by atoms with Crippen LogP contribution in [0.4, 0.5) is 8.78 Å². The Bertz CT molecular complexity index is 1900. The molecule has 0 radical (unpaired) electrons. The summed E-state index contributed by atoms with van der Waals surface area (Å²) in [6.07, 6.45) is 1.50. The van der Waals surface area contributed by atoms with E-state index in [1.807, 2.05) is 6.07 Å². The number of aromatic nitrogens is 3. The molecule has 0 bridgehead atoms. The first-order chi connectivity index (χ1) is 19.2. The molecule has 3 aromatic heterocycles. The van der Waals surface area contributed by atoms with Gasteiger partial charge >= 0.3 is 12.6 Å². The van der Waals surface area contributed by atoms with E-state index in [0.717, 1.165) is 0 Å². The number of fused-ring (bicyclic) bond motifs is 2. The molecule has 0 saturated carbocycles. The lowest BCUT2D eigenvalue weighted by atomic mass is 10.0. The van der Waals surface area contributed by atoms with Crippen molar-refractivity contribution >= 4 is 50.0 Å². The molecule has 3 heterocycles. The number of nitrogens with zero attached hydrogens (tertiary/aromatic N) is 4. The Morgan fingerprint density at radius 2 is 1.98 bits per heavy atom. The first-order valence-electron chi connectivity index (χ1n) is 11.6. The van der Waals surface area contributed by atoms with Gasteiger partial charge in [0, 0.05) is 27.7 Å². The average molecular weight is 583 g/mol. The Hall–Kier alpha value is -4.60. The summed E-state index contributed by atoms with van der Waals surface area (Å²) < 4.78 is 38.3. The molecular weight excluding hydrogens is 566 g/mol. The molecule has 9 nitrogen and oxygen atoms in total. The largest absolute Gasteiger partial charge is 0.491 e. The van der Waals surface area contributed by atoms with Gasteiger partial charge in [-0.15, -0.1) is 11.3 Å². The van der Waals surface area contributed by atoms with Crippen LogP contribution in [0.3, 0.4) is 0 Å². The highest BCUT2D eigenvalue weighted by atomic mass is 35.5. The van der Waals surface area contributed by atoms with Crippen molar-refractivity contribution in [2.45, 2.75) is 20.1 Å². The predicted octanol–water partition coefficient (Wildman–Crippen LogP) is 5.89. The lowest BCUT2D eigenvalue weighted by Gasteiger charge is -2.16. The van der Waals surface area contributed by atoms with Crippen molar-refractivity contribution in [1.82, 2.24) is 14.5 Å². The quantitative estimate of drug-likeness (QED) is 0.240. The number of benzene rings is 2. The third-order valence-electron chi connectivity index (χ3n) is 6.09. The van der Waals surface area contributed by atoms with Crippen molar-refractivity contribution < 1.29 is 28.2 Å². The normalized spacial score (nSPS) is 11.2. The minimum Gasteiger partial charge on any atom is -0.491 e. The van der Waals surface area contributed by atoms with Gasteiger partial charge in [-0.05, 0) is 43.3 Å². The molecule has 5 rings (SSSR count). The van der Waals surface area contributed by atoms with Crippen LogP contribution in [-0.2, 0) is 6.54 Å². The highest BCUT2D eigenvalue weighted by Gasteiger charge is 2.20. The minimum absolute atomic E-state index is 0.00325. The third-order valence-corrected chi connectivity index (χ3v) is 7.33. The fourth-order valence-corrected chi connectivity index (χ4v) is 5.53. The molecule has 0 unspecified atom stereocenters. The number of carbonyl (C=O) groups is 1. The van der Waals surface area contributed by atoms with Crippen molar-refractivity contribution in [2.75, 3.05) is 6.61 Å². The second kappa shape index (κ2) is 10.9. The van der Waals surface area contributed by atoms with Crippen LogP contribution >= 0.6 is 22.9 Å². The van der Waals surface area contributed by atoms with E-state index in [1.165, 1.54) is 46.5 Å². The number of carboxylic acid groups (broad SMARTS) is 1. The average Bonchev–Trinajstić information content (AvgIpc) is 3.36. The fraction of sp³-hybridized carbons (Fsp3) is 0.148. The highest BCUT2D eigenvalue weighted by molar-refractivity contribution is 7.18. The van der Waals surface area contributed by atoms with E-state index in [-0.39, 0.29) is 46.8 Å². The van der Waals surface area contributed by atoms with Gasteiger partial charge in [-0.25, -0.2) is 9.78 Å². The summed E-state index contributed by atoms with van der Waals surface area (Å²) in [5, 5.41) is 20.8. The number of ether oxygens (including phenoxy) is 2. The highest BCUT2D eigenvalue weighted by Crippen LogP contribution is 2.39. The van der Waals surface area contributed by atoms with Gasteiger partial charge in [-0.1, -0.05) is 11.6 Å². The lowest BCUT2D eigenvalue weighted by Crippen LogP contribution is -2.27. The van der Waals surface area contributed by atoms with Gasteiger partial charge < -0.3 is 14.6 Å². The minimum atomic E-state index is -3.13. The Labute approximate surface area is 233 Å². The van der Waals surface area contributed by atoms with Crippen molar-refractivity contribution in [2.24, 2.45) is 0 Å². The fourth-order valence-electron chi connectivity index (χ4n) is 4.33. The van der Waals surface area contributed by atoms with E-state index >= 15 is 0 Å². The number of aryl methyl sites for hydroxylation is 1. The first kappa shape index (κ1) is 27.0. The maximum atomic E-state index is 13.3. The van der Waals surface area contributed by atoms with Crippen molar-refractivity contribution in [1.29, 1.82) is 5.26 Å². The Morgan fingerprint density at radius 3 is 2.70 bits per heavy atom. The number of nitriles is 1. The zero-order valence-electron chi connectivity index (χ0n) is 20.5. The Balaban J connectivity index is 1.49. The summed E-state index contributed by atoms with van der Waals surface area (Å²) in [6.45, 7) is -1.58. The summed E-state index contributed by atoms with van der Waals surface area (Å²) >= 11 is 7.51. The predicted molar refractivity (Wildman–Crippen MR) is 145 cm³/mol. The molecule has 0 fully saturated rings. The molecule has 202 valence electrons. The van der Waals surface area contributed by atoms with E-state index in [1.54, 1.807) is 24.3 Å². The number of aromatic carboxylic acids is 1. The maximum absolute atomic E-state index is 13.3. The molecule has 0 aliphatic heterocycles. The van der Waals surface area contributed by atoms with Crippen LogP contribution in [0.5, 0.6) is 11.5 Å². The summed E-state index contributed by atoms with van der Waals surface area (Å²) in [7, 11) is 0. The van der Waals surface area contributed by atoms with Crippen molar-refractivity contribution in [3.63, 3.8) is 0 Å². The van der Waals surface area contributed by atoms with Gasteiger partial charge in [0.1, 0.15) is 29.8 Å². The molecule has 40 heavy (non-hydrogen) atoms. The van der Waals surface area contributed by atoms with E-state index in [0.29, 0.717) is 32.1 Å². The van der Waals surface area contributed by atoms with Crippen LogP contribution in [0.15, 0.2) is 52.8 Å². The SMILES string of the molecule is Cc1nc2c(OC(F)F)ccc(C#N)c2c(=O)n1CCOc1ccc(Cl)cc1-c1ccnc2c(C(=O)O)csc12. The van der Waals surface area contributed by atoms with Crippen molar-refractivity contribution in [3.8, 4) is 28.7 Å². The number of carboxylic acids is 1. The molecular formula is C27H17ClF2N4O5S. The van der Waals surface area contributed by atoms with Crippen LogP contribution in [-0.4, -0.2) is 38.8 Å². The Morgan fingerprint density at radius 1 is 1.20 bits per heavy atom. The van der Waals surface area contributed by atoms with Gasteiger partial charge in [-0.3, -0.25) is 14.3 Å². The monoisotopic (exact) mass is 582 g/mol. The van der Waals surface area contributed by atoms with E-state index in [9.17, 15) is 28.7 Å². The molecule has 0 atom stereocenters. The number of rotatable bonds is 8. The summed E-state index contributed by atoms with van der Waals surface area (Å²) in [5.74, 6) is -0.758. The second-order valence-electron chi connectivity index (χ2n) is 8.42. The number of pyridine rings is 1. The summed E-state index contributed by atoms with van der Waals surface area (Å²) in [4.78, 5) is 33.4. The molecule has 0 aliphatic rings. The molecule has 1 N–H and O–H groups in total. The number of halogens is 3. The van der Waals surface area contributed by atoms with Crippen molar-refractivity contribution in [3.05, 3.63) is 80.3 Å². The van der Waals surface area contributed by atoms with Crippen LogP contribution < -0.4 is 15.0 Å². The van der Waals surface area contributed by atoms with Gasteiger partial charge in [0.15, 0.2) is 5.75 Å². The standard InChI is InChI=1S/C27H17ClF2N4O5S/c1-13-33-23-20(39-27(29)30)4-2-14(11-31)21(23)25(35)34(13)8-9-38-19-5-3-15(28)10-17(19)16-6-7-32-22-18(26(36)37)12-40-24(16)22/h2-7,10,12,27H,8-9H2,1H3,(H,36,37). The van der Waals surface area contributed by atoms with Gasteiger partial charge in [0.2, 0.25) is 0 Å². The van der Waals surface area contributed by atoms with Crippen LogP contribution in [0, 0.1) is 18.3 Å². The van der Waals surface area contributed by atoms with E-state index < -0.39 is 18.1 Å².